The van der Waals surface area contributed by atoms with E-state index in [1.54, 1.807) is 48.5 Å². The van der Waals surface area contributed by atoms with Gasteiger partial charge in [-0.15, -0.1) is 0 Å². The molecule has 1 aliphatic rings. The summed E-state index contributed by atoms with van der Waals surface area (Å²) in [5.41, 5.74) is 0.366. The Bertz CT molecular complexity index is 923. The molecule has 1 fully saturated rings. The molecule has 160 valence electrons. The standard InChI is InChI=1S/C26H27NO4/c28-25(26(29,22-12-6-2-7-13-22)23-14-8-3-9-15-23)31-20-24-19-27(16-17-30-24)18-21-10-4-1-5-11-21/h1-15,24,29H,16-20H2/p+1/t24-/m0/s1. The molecule has 5 nitrogen and oxygen atoms in total. The lowest BCUT2D eigenvalue weighted by molar-refractivity contribution is -0.925. The maximum absolute atomic E-state index is 13.1. The molecule has 1 heterocycles. The zero-order valence-electron chi connectivity index (χ0n) is 17.4. The highest BCUT2D eigenvalue weighted by Gasteiger charge is 2.42. The van der Waals surface area contributed by atoms with E-state index in [-0.39, 0.29) is 12.7 Å². The molecule has 0 radical (unpaired) electrons. The Morgan fingerprint density at radius 1 is 0.935 bits per heavy atom. The predicted molar refractivity (Wildman–Crippen MR) is 117 cm³/mol. The number of nitrogens with one attached hydrogen (secondary N) is 1. The molecule has 0 saturated carbocycles. The molecule has 2 atom stereocenters. The van der Waals surface area contributed by atoms with Crippen molar-refractivity contribution in [2.75, 3.05) is 26.3 Å². The van der Waals surface area contributed by atoms with Crippen molar-refractivity contribution in [2.24, 2.45) is 0 Å². The summed E-state index contributed by atoms with van der Waals surface area (Å²) in [6, 6.07) is 28.2. The fraction of sp³-hybridized carbons (Fsp3) is 0.269. The topological polar surface area (TPSA) is 60.2 Å². The molecular formula is C26H28NO4+. The Morgan fingerprint density at radius 3 is 2.06 bits per heavy atom. The van der Waals surface area contributed by atoms with Crippen LogP contribution in [0.4, 0.5) is 0 Å². The minimum absolute atomic E-state index is 0.110. The molecule has 2 N–H and O–H groups in total. The Balaban J connectivity index is 1.43. The van der Waals surface area contributed by atoms with Gasteiger partial charge in [-0.1, -0.05) is 91.0 Å². The third-order valence-electron chi connectivity index (χ3n) is 5.70. The van der Waals surface area contributed by atoms with Crippen molar-refractivity contribution in [3.05, 3.63) is 108 Å². The summed E-state index contributed by atoms with van der Waals surface area (Å²) >= 11 is 0. The number of aliphatic hydroxyl groups is 1. The van der Waals surface area contributed by atoms with Crippen LogP contribution in [0.5, 0.6) is 0 Å². The van der Waals surface area contributed by atoms with E-state index in [0.29, 0.717) is 17.7 Å². The van der Waals surface area contributed by atoms with Gasteiger partial charge in [0.15, 0.2) is 0 Å². The Morgan fingerprint density at radius 2 is 1.48 bits per heavy atom. The second-order valence-electron chi connectivity index (χ2n) is 7.90. The third kappa shape index (κ3) is 5.02. The first-order valence-corrected chi connectivity index (χ1v) is 10.7. The van der Waals surface area contributed by atoms with Crippen LogP contribution in [0.3, 0.4) is 0 Å². The highest BCUT2D eigenvalue weighted by atomic mass is 16.6. The van der Waals surface area contributed by atoms with Crippen molar-refractivity contribution < 1.29 is 24.3 Å². The molecule has 3 aromatic carbocycles. The zero-order valence-corrected chi connectivity index (χ0v) is 17.4. The van der Waals surface area contributed by atoms with E-state index in [1.807, 2.05) is 30.3 Å². The average molecular weight is 419 g/mol. The monoisotopic (exact) mass is 418 g/mol. The van der Waals surface area contributed by atoms with Crippen LogP contribution in [-0.2, 0) is 26.4 Å². The first kappa shape index (κ1) is 21.2. The summed E-state index contributed by atoms with van der Waals surface area (Å²) in [6.07, 6.45) is -0.202. The molecule has 0 aromatic heterocycles. The number of rotatable bonds is 7. The van der Waals surface area contributed by atoms with Crippen LogP contribution in [0, 0.1) is 0 Å². The normalized spacial score (nSPS) is 19.0. The second-order valence-corrected chi connectivity index (χ2v) is 7.90. The number of benzene rings is 3. The lowest BCUT2D eigenvalue weighted by Gasteiger charge is -2.31. The SMILES string of the molecule is O=C(OC[C@@H]1C[NH+](Cc2ccccc2)CCO1)C(O)(c1ccccc1)c1ccccc1. The lowest BCUT2D eigenvalue weighted by Crippen LogP contribution is -3.13. The molecule has 0 aliphatic carbocycles. The first-order valence-electron chi connectivity index (χ1n) is 10.7. The smallest absolute Gasteiger partial charge is 0.347 e. The summed E-state index contributed by atoms with van der Waals surface area (Å²) in [5, 5.41) is 11.5. The summed E-state index contributed by atoms with van der Waals surface area (Å²) < 4.78 is 11.5. The van der Waals surface area contributed by atoms with Crippen molar-refractivity contribution in [1.29, 1.82) is 0 Å². The maximum Gasteiger partial charge on any atom is 0.347 e. The van der Waals surface area contributed by atoms with Crippen molar-refractivity contribution >= 4 is 5.97 Å². The summed E-state index contributed by atoms with van der Waals surface area (Å²) in [4.78, 5) is 14.5. The van der Waals surface area contributed by atoms with Gasteiger partial charge < -0.3 is 19.5 Å². The van der Waals surface area contributed by atoms with Gasteiger partial charge >= 0.3 is 5.97 Å². The molecule has 31 heavy (non-hydrogen) atoms. The van der Waals surface area contributed by atoms with Crippen LogP contribution in [0.15, 0.2) is 91.0 Å². The van der Waals surface area contributed by atoms with Crippen molar-refractivity contribution in [3.8, 4) is 0 Å². The quantitative estimate of drug-likeness (QED) is 0.576. The van der Waals surface area contributed by atoms with Gasteiger partial charge in [0.25, 0.3) is 0 Å². The van der Waals surface area contributed by atoms with Crippen LogP contribution < -0.4 is 4.90 Å². The number of carbonyl (C=O) groups is 1. The number of morpholine rings is 1. The Kier molecular flexibility index (Phi) is 6.77. The van der Waals surface area contributed by atoms with Crippen LogP contribution in [0.1, 0.15) is 16.7 Å². The van der Waals surface area contributed by atoms with Crippen LogP contribution in [-0.4, -0.2) is 43.5 Å². The molecule has 0 bridgehead atoms. The second kappa shape index (κ2) is 9.88. The van der Waals surface area contributed by atoms with Gasteiger partial charge in [0.05, 0.1) is 6.61 Å². The zero-order chi connectivity index (χ0) is 21.5. The molecule has 5 heteroatoms. The number of hydrogen-bond acceptors (Lipinski definition) is 4. The van der Waals surface area contributed by atoms with Crippen LogP contribution in [0.2, 0.25) is 0 Å². The van der Waals surface area contributed by atoms with E-state index in [4.69, 9.17) is 9.47 Å². The summed E-state index contributed by atoms with van der Waals surface area (Å²) in [5.74, 6) is -0.691. The van der Waals surface area contributed by atoms with E-state index in [1.165, 1.54) is 10.5 Å². The molecule has 4 rings (SSSR count). The number of carbonyl (C=O) groups excluding carboxylic acids is 1. The van der Waals surface area contributed by atoms with Crippen molar-refractivity contribution in [2.45, 2.75) is 18.2 Å². The maximum atomic E-state index is 13.1. The van der Waals surface area contributed by atoms with E-state index in [0.717, 1.165) is 19.6 Å². The van der Waals surface area contributed by atoms with Gasteiger partial charge in [-0.25, -0.2) is 4.79 Å². The van der Waals surface area contributed by atoms with Gasteiger partial charge in [-0.3, -0.25) is 0 Å². The molecule has 0 spiro atoms. The Labute approximate surface area is 182 Å². The highest BCUT2D eigenvalue weighted by Crippen LogP contribution is 2.31. The molecule has 1 unspecified atom stereocenters. The van der Waals surface area contributed by atoms with E-state index >= 15 is 0 Å². The Hall–Kier alpha value is -2.99. The molecule has 0 amide bonds. The first-order chi connectivity index (χ1) is 15.2. The lowest BCUT2D eigenvalue weighted by atomic mass is 9.86. The summed E-state index contributed by atoms with van der Waals surface area (Å²) in [7, 11) is 0. The number of hydrogen-bond donors (Lipinski definition) is 2. The molecule has 3 aromatic rings. The molecular weight excluding hydrogens is 390 g/mol. The minimum atomic E-state index is -1.87. The van der Waals surface area contributed by atoms with Gasteiger partial charge in [-0.05, 0) is 11.1 Å². The van der Waals surface area contributed by atoms with Gasteiger partial charge in [-0.2, -0.15) is 0 Å². The fourth-order valence-electron chi connectivity index (χ4n) is 4.04. The number of quaternary nitrogens is 1. The third-order valence-corrected chi connectivity index (χ3v) is 5.70. The average Bonchev–Trinajstić information content (AvgIpc) is 2.84. The molecule has 1 aliphatic heterocycles. The minimum Gasteiger partial charge on any atom is -0.460 e. The highest BCUT2D eigenvalue weighted by molar-refractivity contribution is 5.85. The van der Waals surface area contributed by atoms with E-state index < -0.39 is 11.6 Å². The molecule has 1 saturated heterocycles. The van der Waals surface area contributed by atoms with Gasteiger partial charge in [0.1, 0.15) is 32.3 Å². The van der Waals surface area contributed by atoms with Gasteiger partial charge in [0.2, 0.25) is 5.60 Å². The largest absolute Gasteiger partial charge is 0.460 e. The van der Waals surface area contributed by atoms with Crippen molar-refractivity contribution in [1.82, 2.24) is 0 Å². The fourth-order valence-corrected chi connectivity index (χ4v) is 4.04. The van der Waals surface area contributed by atoms with Crippen molar-refractivity contribution in [3.63, 3.8) is 0 Å². The predicted octanol–water partition coefficient (Wildman–Crippen LogP) is 1.95. The number of esters is 1. The van der Waals surface area contributed by atoms with Gasteiger partial charge in [0, 0.05) is 5.56 Å². The number of ether oxygens (including phenoxy) is 2. The van der Waals surface area contributed by atoms with Crippen LogP contribution in [0.25, 0.3) is 0 Å². The van der Waals surface area contributed by atoms with E-state index in [2.05, 4.69) is 12.1 Å². The van der Waals surface area contributed by atoms with E-state index in [9.17, 15) is 9.90 Å². The van der Waals surface area contributed by atoms with Crippen LogP contribution >= 0.6 is 0 Å². The summed E-state index contributed by atoms with van der Waals surface area (Å²) in [6.45, 7) is 3.30.